The summed E-state index contributed by atoms with van der Waals surface area (Å²) in [6.07, 6.45) is 7.86. The van der Waals surface area contributed by atoms with E-state index in [4.69, 9.17) is 0 Å². The van der Waals surface area contributed by atoms with Gasteiger partial charge in [0.05, 0.1) is 6.04 Å². The first-order valence-electron chi connectivity index (χ1n) is 8.60. The predicted octanol–water partition coefficient (Wildman–Crippen LogP) is 3.48. The standard InChI is InChI=1S/C13H15N2O3.3C2H6.W/c1-3-5-9(6-4-2)12(17)14-10-7-8-11(16)15-13(10)18;3*1-2;/h3-5,10H,1,7-8H2,2H3,(H,14,17)(H,15,16,18);3*1-2H3;/q-1;;;;/b9-5+;;;;. The van der Waals surface area contributed by atoms with Crippen LogP contribution in [0.2, 0.25) is 0 Å². The second-order valence-electron chi connectivity index (χ2n) is 3.73. The molecule has 1 aliphatic rings. The minimum atomic E-state index is -0.679. The molecule has 0 bridgehead atoms. The van der Waals surface area contributed by atoms with Crippen molar-refractivity contribution in [2.75, 3.05) is 0 Å². The Kier molecular flexibility index (Phi) is 28.2. The Balaban J connectivity index is -0.000000284. The summed E-state index contributed by atoms with van der Waals surface area (Å²) in [6, 6.07) is -0.679. The number of carbonyl (C=O) groups is 3. The molecule has 3 amide bonds. The SMILES string of the molecule is C=C/C=C(\[C-]=CC)C(=O)NC1CCC(=O)NC1=O.CC.CC.CC.[W]. The molecule has 1 fully saturated rings. The monoisotopic (exact) mass is 521 g/mol. The third kappa shape index (κ3) is 14.6. The van der Waals surface area contributed by atoms with Gasteiger partial charge in [0.2, 0.25) is 11.8 Å². The summed E-state index contributed by atoms with van der Waals surface area (Å²) < 4.78 is 0. The van der Waals surface area contributed by atoms with E-state index in [2.05, 4.69) is 23.3 Å². The largest absolute Gasteiger partial charge is 0.394 e. The molecule has 0 spiro atoms. The van der Waals surface area contributed by atoms with Gasteiger partial charge in [0.25, 0.3) is 0 Å². The first kappa shape index (κ1) is 31.3. The second kappa shape index (κ2) is 22.5. The molecule has 25 heavy (non-hydrogen) atoms. The zero-order chi connectivity index (χ0) is 19.5. The van der Waals surface area contributed by atoms with Crippen molar-refractivity contribution in [2.24, 2.45) is 0 Å². The molecule has 1 atom stereocenters. The maximum Gasteiger partial charge on any atom is 0.248 e. The fraction of sp³-hybridized carbons (Fsp3) is 0.526. The number of imide groups is 1. The first-order valence-corrected chi connectivity index (χ1v) is 8.60. The summed E-state index contributed by atoms with van der Waals surface area (Å²) in [4.78, 5) is 34.3. The quantitative estimate of drug-likeness (QED) is 0.258. The van der Waals surface area contributed by atoms with Crippen molar-refractivity contribution in [1.82, 2.24) is 10.6 Å². The Hall–Kier alpha value is -1.48. The molecule has 0 aromatic rings. The molecule has 0 aliphatic carbocycles. The van der Waals surface area contributed by atoms with Crippen molar-refractivity contribution in [3.05, 3.63) is 36.5 Å². The molecule has 144 valence electrons. The molecule has 0 aromatic carbocycles. The van der Waals surface area contributed by atoms with Gasteiger partial charge in [-0.3, -0.25) is 14.9 Å². The third-order valence-electron chi connectivity index (χ3n) is 2.37. The van der Waals surface area contributed by atoms with Crippen molar-refractivity contribution in [2.45, 2.75) is 67.3 Å². The van der Waals surface area contributed by atoms with Crippen LogP contribution in [0.3, 0.4) is 0 Å². The summed E-state index contributed by atoms with van der Waals surface area (Å²) >= 11 is 0. The summed E-state index contributed by atoms with van der Waals surface area (Å²) in [6.45, 7) is 17.2. The summed E-state index contributed by atoms with van der Waals surface area (Å²) in [7, 11) is 0. The van der Waals surface area contributed by atoms with Crippen LogP contribution < -0.4 is 10.6 Å². The van der Waals surface area contributed by atoms with Crippen LogP contribution in [0.5, 0.6) is 0 Å². The van der Waals surface area contributed by atoms with Gasteiger partial charge in [-0.05, 0) is 6.42 Å². The Labute approximate surface area is 167 Å². The molecule has 1 saturated heterocycles. The van der Waals surface area contributed by atoms with Crippen LogP contribution in [0.25, 0.3) is 0 Å². The molecule has 2 N–H and O–H groups in total. The number of nitrogens with one attached hydrogen (secondary N) is 2. The Morgan fingerprint density at radius 1 is 1.20 bits per heavy atom. The molecular formula is C19H33N2O3W-. The van der Waals surface area contributed by atoms with Gasteiger partial charge in [-0.25, -0.2) is 0 Å². The van der Waals surface area contributed by atoms with Gasteiger partial charge in [0, 0.05) is 27.5 Å². The topological polar surface area (TPSA) is 75.3 Å². The van der Waals surface area contributed by atoms with Gasteiger partial charge in [0.15, 0.2) is 0 Å². The average molecular weight is 521 g/mol. The number of hydrogen-bond donors (Lipinski definition) is 2. The van der Waals surface area contributed by atoms with E-state index in [1.54, 1.807) is 13.0 Å². The fourth-order valence-electron chi connectivity index (χ4n) is 1.53. The molecule has 0 saturated carbocycles. The summed E-state index contributed by atoms with van der Waals surface area (Å²) in [5, 5.41) is 4.73. The molecule has 6 heteroatoms. The number of piperidine rings is 1. The van der Waals surface area contributed by atoms with Crippen LogP contribution in [-0.4, -0.2) is 23.8 Å². The molecule has 0 aromatic heterocycles. The van der Waals surface area contributed by atoms with Crippen LogP contribution in [0.1, 0.15) is 61.3 Å². The van der Waals surface area contributed by atoms with E-state index in [1.807, 2.05) is 41.5 Å². The third-order valence-corrected chi connectivity index (χ3v) is 2.37. The smallest absolute Gasteiger partial charge is 0.248 e. The van der Waals surface area contributed by atoms with Crippen molar-refractivity contribution in [3.63, 3.8) is 0 Å². The van der Waals surface area contributed by atoms with E-state index < -0.39 is 17.9 Å². The number of rotatable bonds is 4. The second-order valence-corrected chi connectivity index (χ2v) is 3.73. The van der Waals surface area contributed by atoms with Crippen molar-refractivity contribution < 1.29 is 35.4 Å². The minimum absolute atomic E-state index is 0. The molecular weight excluding hydrogens is 488 g/mol. The minimum Gasteiger partial charge on any atom is -0.394 e. The van der Waals surface area contributed by atoms with Crippen LogP contribution in [0, 0.1) is 6.08 Å². The average Bonchev–Trinajstić information content (AvgIpc) is 2.62. The molecule has 0 radical (unpaired) electrons. The predicted molar refractivity (Wildman–Crippen MR) is 100 cm³/mol. The van der Waals surface area contributed by atoms with E-state index in [1.165, 1.54) is 12.2 Å². The van der Waals surface area contributed by atoms with Crippen LogP contribution in [0.15, 0.2) is 30.4 Å². The Morgan fingerprint density at radius 2 is 1.72 bits per heavy atom. The first-order chi connectivity index (χ1) is 11.6. The number of allylic oxidation sites excluding steroid dienone is 3. The molecule has 1 aliphatic heterocycles. The van der Waals surface area contributed by atoms with Gasteiger partial charge in [-0.1, -0.05) is 48.5 Å². The normalized spacial score (nSPS) is 15.6. The molecule has 1 unspecified atom stereocenters. The van der Waals surface area contributed by atoms with E-state index in [0.29, 0.717) is 6.42 Å². The van der Waals surface area contributed by atoms with Crippen molar-refractivity contribution in [3.8, 4) is 0 Å². The van der Waals surface area contributed by atoms with E-state index in [9.17, 15) is 14.4 Å². The molecule has 1 rings (SSSR count). The van der Waals surface area contributed by atoms with Gasteiger partial charge >= 0.3 is 0 Å². The Bertz CT molecular complexity index is 444. The maximum absolute atomic E-state index is 11.8. The van der Waals surface area contributed by atoms with Crippen molar-refractivity contribution >= 4 is 17.7 Å². The van der Waals surface area contributed by atoms with Crippen LogP contribution in [0.4, 0.5) is 0 Å². The van der Waals surface area contributed by atoms with Gasteiger partial charge in [-0.15, -0.1) is 24.3 Å². The van der Waals surface area contributed by atoms with Gasteiger partial charge in [-0.2, -0.15) is 12.2 Å². The van der Waals surface area contributed by atoms with Crippen LogP contribution in [-0.2, 0) is 35.4 Å². The maximum atomic E-state index is 11.8. The van der Waals surface area contributed by atoms with Crippen LogP contribution >= 0.6 is 0 Å². The zero-order valence-electron chi connectivity index (χ0n) is 16.6. The van der Waals surface area contributed by atoms with E-state index in [0.717, 1.165) is 0 Å². The Morgan fingerprint density at radius 3 is 2.12 bits per heavy atom. The van der Waals surface area contributed by atoms with E-state index in [-0.39, 0.29) is 39.0 Å². The zero-order valence-corrected chi connectivity index (χ0v) is 19.5. The number of hydrogen-bond acceptors (Lipinski definition) is 3. The molecule has 1 heterocycles. The van der Waals surface area contributed by atoms with Crippen molar-refractivity contribution in [1.29, 1.82) is 0 Å². The number of amides is 3. The van der Waals surface area contributed by atoms with E-state index >= 15 is 0 Å². The molecule has 5 nitrogen and oxygen atoms in total. The summed E-state index contributed by atoms with van der Waals surface area (Å²) in [5.74, 6) is -1.20. The van der Waals surface area contributed by atoms with Gasteiger partial charge in [0.1, 0.15) is 5.91 Å². The van der Waals surface area contributed by atoms with Gasteiger partial charge < -0.3 is 10.1 Å². The number of carbonyl (C=O) groups excluding carboxylic acids is 3. The summed E-state index contributed by atoms with van der Waals surface area (Å²) in [5.41, 5.74) is 0.289. The fourth-order valence-corrected chi connectivity index (χ4v) is 1.53.